The van der Waals surface area contributed by atoms with Crippen molar-refractivity contribution in [3.05, 3.63) is 34.9 Å². The molecule has 1 aromatic rings. The van der Waals surface area contributed by atoms with Crippen LogP contribution in [0.4, 0.5) is 13.2 Å². The van der Waals surface area contributed by atoms with Crippen molar-refractivity contribution >= 4 is 11.9 Å². The lowest BCUT2D eigenvalue weighted by atomic mass is 9.95. The Balaban J connectivity index is 3.10. The molecule has 110 valence electrons. The molecule has 0 bridgehead atoms. The number of hydrogen-bond donors (Lipinski definition) is 2. The lowest BCUT2D eigenvalue weighted by molar-refractivity contribution is -0.174. The molecular formula is C13H14F3NO3. The van der Waals surface area contributed by atoms with Crippen molar-refractivity contribution < 1.29 is 27.9 Å². The van der Waals surface area contributed by atoms with Crippen molar-refractivity contribution in [2.24, 2.45) is 0 Å². The van der Waals surface area contributed by atoms with Crippen LogP contribution in [0.2, 0.25) is 0 Å². The zero-order chi connectivity index (χ0) is 15.5. The third kappa shape index (κ3) is 3.97. The molecule has 1 atom stereocenters. The van der Waals surface area contributed by atoms with E-state index in [1.165, 1.54) is 6.07 Å². The van der Waals surface area contributed by atoms with Crippen molar-refractivity contribution in [3.63, 3.8) is 0 Å². The van der Waals surface area contributed by atoms with Crippen molar-refractivity contribution in [1.82, 2.24) is 5.32 Å². The molecule has 1 aromatic carbocycles. The Morgan fingerprint density at radius 3 is 2.40 bits per heavy atom. The van der Waals surface area contributed by atoms with Crippen LogP contribution in [0.1, 0.15) is 29.2 Å². The molecule has 0 spiro atoms. The highest BCUT2D eigenvalue weighted by atomic mass is 19.4. The Bertz CT molecular complexity index is 526. The van der Waals surface area contributed by atoms with Gasteiger partial charge >= 0.3 is 18.1 Å². The highest BCUT2D eigenvalue weighted by Crippen LogP contribution is 2.25. The van der Waals surface area contributed by atoms with E-state index < -0.39 is 30.5 Å². The number of halogens is 3. The predicted molar refractivity (Wildman–Crippen MR) is 65.1 cm³/mol. The van der Waals surface area contributed by atoms with Gasteiger partial charge in [-0.2, -0.15) is 13.2 Å². The Morgan fingerprint density at radius 2 is 1.90 bits per heavy atom. The second-order valence-electron chi connectivity index (χ2n) is 4.41. The summed E-state index contributed by atoms with van der Waals surface area (Å²) in [7, 11) is 0. The van der Waals surface area contributed by atoms with Gasteiger partial charge < -0.3 is 10.4 Å². The Kier molecular flexibility index (Phi) is 4.75. The smallest absolute Gasteiger partial charge is 0.471 e. The number of alkyl halides is 3. The molecule has 0 aromatic heterocycles. The first-order chi connectivity index (χ1) is 9.12. The van der Waals surface area contributed by atoms with Gasteiger partial charge in [0.1, 0.15) is 0 Å². The van der Waals surface area contributed by atoms with Gasteiger partial charge in [0.25, 0.3) is 0 Å². The molecule has 20 heavy (non-hydrogen) atoms. The standard InChI is InChI=1S/C13H14F3NO3/c1-7-4-3-5-9(8(7)2)10(6-11(18)19)17-12(20)13(14,15)16/h3-5,10H,6H2,1-2H3,(H,17,20)(H,18,19)/t10-/m0/s1. The number of aliphatic carboxylic acids is 1. The number of carbonyl (C=O) groups excluding carboxylic acids is 1. The maximum atomic E-state index is 12.3. The molecule has 0 saturated carbocycles. The monoisotopic (exact) mass is 289 g/mol. The van der Waals surface area contributed by atoms with E-state index in [1.54, 1.807) is 31.3 Å². The van der Waals surface area contributed by atoms with Crippen molar-refractivity contribution in [1.29, 1.82) is 0 Å². The molecule has 0 heterocycles. The van der Waals surface area contributed by atoms with Crippen LogP contribution in [0, 0.1) is 13.8 Å². The third-order valence-corrected chi connectivity index (χ3v) is 2.96. The summed E-state index contributed by atoms with van der Waals surface area (Å²) in [5.74, 6) is -3.44. The van der Waals surface area contributed by atoms with Gasteiger partial charge in [-0.05, 0) is 30.5 Å². The minimum Gasteiger partial charge on any atom is -0.481 e. The van der Waals surface area contributed by atoms with E-state index in [9.17, 15) is 22.8 Å². The van der Waals surface area contributed by atoms with Gasteiger partial charge in [0.05, 0.1) is 12.5 Å². The van der Waals surface area contributed by atoms with Gasteiger partial charge in [-0.15, -0.1) is 0 Å². The number of nitrogens with one attached hydrogen (secondary N) is 1. The minimum absolute atomic E-state index is 0.366. The number of benzene rings is 1. The minimum atomic E-state index is -5.05. The van der Waals surface area contributed by atoms with Crippen LogP contribution in [0.25, 0.3) is 0 Å². The summed E-state index contributed by atoms with van der Waals surface area (Å²) < 4.78 is 36.8. The molecule has 0 aliphatic carbocycles. The number of amides is 1. The molecule has 1 rings (SSSR count). The molecule has 0 saturated heterocycles. The molecule has 0 aliphatic rings. The fourth-order valence-corrected chi connectivity index (χ4v) is 1.80. The largest absolute Gasteiger partial charge is 0.481 e. The normalized spacial score (nSPS) is 12.8. The van der Waals surface area contributed by atoms with Crippen molar-refractivity contribution in [2.75, 3.05) is 0 Å². The summed E-state index contributed by atoms with van der Waals surface area (Å²) in [5, 5.41) is 10.5. The molecule has 0 radical (unpaired) electrons. The van der Waals surface area contributed by atoms with Gasteiger partial charge in [0.15, 0.2) is 0 Å². The zero-order valence-electron chi connectivity index (χ0n) is 10.9. The number of carbonyl (C=O) groups is 2. The van der Waals surface area contributed by atoms with Gasteiger partial charge in [-0.1, -0.05) is 18.2 Å². The molecular weight excluding hydrogens is 275 g/mol. The number of rotatable bonds is 4. The topological polar surface area (TPSA) is 66.4 Å². The SMILES string of the molecule is Cc1cccc([C@H](CC(=O)O)NC(=O)C(F)(F)F)c1C. The average molecular weight is 289 g/mol. The molecule has 0 aliphatic heterocycles. The molecule has 7 heteroatoms. The van der Waals surface area contributed by atoms with Crippen LogP contribution in [-0.2, 0) is 9.59 Å². The highest BCUT2D eigenvalue weighted by molar-refractivity contribution is 5.82. The molecule has 0 unspecified atom stereocenters. The first-order valence-corrected chi connectivity index (χ1v) is 5.78. The van der Waals surface area contributed by atoms with E-state index in [2.05, 4.69) is 0 Å². The van der Waals surface area contributed by atoms with Crippen LogP contribution in [0.15, 0.2) is 18.2 Å². The van der Waals surface area contributed by atoms with Crippen LogP contribution in [0.3, 0.4) is 0 Å². The number of carboxylic acid groups (broad SMARTS) is 1. The average Bonchev–Trinajstić information content (AvgIpc) is 2.30. The number of aryl methyl sites for hydroxylation is 1. The van der Waals surface area contributed by atoms with E-state index in [-0.39, 0.29) is 0 Å². The molecule has 2 N–H and O–H groups in total. The Morgan fingerprint density at radius 1 is 1.30 bits per heavy atom. The zero-order valence-corrected chi connectivity index (χ0v) is 10.9. The summed E-state index contributed by atoms with van der Waals surface area (Å²) in [6.07, 6.45) is -5.67. The summed E-state index contributed by atoms with van der Waals surface area (Å²) >= 11 is 0. The molecule has 4 nitrogen and oxygen atoms in total. The molecule has 1 amide bonds. The molecule has 0 fully saturated rings. The van der Waals surface area contributed by atoms with Crippen LogP contribution in [0.5, 0.6) is 0 Å². The van der Waals surface area contributed by atoms with Crippen LogP contribution in [-0.4, -0.2) is 23.2 Å². The second-order valence-corrected chi connectivity index (χ2v) is 4.41. The van der Waals surface area contributed by atoms with E-state index in [0.717, 1.165) is 5.56 Å². The summed E-state index contributed by atoms with van der Waals surface area (Å²) in [4.78, 5) is 21.8. The van der Waals surface area contributed by atoms with E-state index in [0.29, 0.717) is 11.1 Å². The van der Waals surface area contributed by atoms with E-state index >= 15 is 0 Å². The fraction of sp³-hybridized carbons (Fsp3) is 0.385. The van der Waals surface area contributed by atoms with Crippen LogP contribution >= 0.6 is 0 Å². The van der Waals surface area contributed by atoms with Gasteiger partial charge in [-0.25, -0.2) is 0 Å². The van der Waals surface area contributed by atoms with Gasteiger partial charge in [-0.3, -0.25) is 9.59 Å². The fourth-order valence-electron chi connectivity index (χ4n) is 1.80. The maximum absolute atomic E-state index is 12.3. The summed E-state index contributed by atoms with van der Waals surface area (Å²) in [5.41, 5.74) is 1.82. The lowest BCUT2D eigenvalue weighted by Crippen LogP contribution is -2.40. The quantitative estimate of drug-likeness (QED) is 0.895. The summed E-state index contributed by atoms with van der Waals surface area (Å²) in [6.45, 7) is 3.42. The Hall–Kier alpha value is -2.05. The number of hydrogen-bond acceptors (Lipinski definition) is 2. The summed E-state index contributed by atoms with van der Waals surface area (Å²) in [6, 6.07) is 3.64. The van der Waals surface area contributed by atoms with Crippen LogP contribution < -0.4 is 5.32 Å². The highest BCUT2D eigenvalue weighted by Gasteiger charge is 2.40. The maximum Gasteiger partial charge on any atom is 0.471 e. The van der Waals surface area contributed by atoms with Gasteiger partial charge in [0.2, 0.25) is 0 Å². The van der Waals surface area contributed by atoms with Crippen molar-refractivity contribution in [3.8, 4) is 0 Å². The Labute approximate surface area is 113 Å². The van der Waals surface area contributed by atoms with Gasteiger partial charge in [0, 0.05) is 0 Å². The van der Waals surface area contributed by atoms with Crippen molar-refractivity contribution in [2.45, 2.75) is 32.5 Å². The number of carboxylic acids is 1. The lowest BCUT2D eigenvalue weighted by Gasteiger charge is -2.21. The third-order valence-electron chi connectivity index (χ3n) is 2.96. The second kappa shape index (κ2) is 5.94. The first-order valence-electron chi connectivity index (χ1n) is 5.78. The van der Waals surface area contributed by atoms with E-state index in [1.807, 2.05) is 0 Å². The first kappa shape index (κ1) is 16.0. The van der Waals surface area contributed by atoms with E-state index in [4.69, 9.17) is 5.11 Å². The predicted octanol–water partition coefficient (Wildman–Crippen LogP) is 2.50.